The highest BCUT2D eigenvalue weighted by atomic mass is 16.6. The summed E-state index contributed by atoms with van der Waals surface area (Å²) in [6.45, 7) is 2.68. The molecule has 8 heteroatoms. The quantitative estimate of drug-likeness (QED) is 0.478. The van der Waals surface area contributed by atoms with Gasteiger partial charge >= 0.3 is 0 Å². The van der Waals surface area contributed by atoms with Crippen LogP contribution in [0.15, 0.2) is 43.1 Å². The van der Waals surface area contributed by atoms with Crippen LogP contribution in [-0.2, 0) is 13.6 Å². The summed E-state index contributed by atoms with van der Waals surface area (Å²) >= 11 is 0. The maximum absolute atomic E-state index is 6.32. The van der Waals surface area contributed by atoms with E-state index in [1.165, 1.54) is 12.8 Å². The lowest BCUT2D eigenvalue weighted by Gasteiger charge is -2.33. The van der Waals surface area contributed by atoms with Gasteiger partial charge in [-0.2, -0.15) is 5.10 Å². The molecule has 0 unspecified atom stereocenters. The molecule has 0 radical (unpaired) electrons. The molecule has 0 N–H and O–H groups in total. The highest BCUT2D eigenvalue weighted by molar-refractivity contribution is 5.77. The number of pyridine rings is 1. The second kappa shape index (κ2) is 7.25. The van der Waals surface area contributed by atoms with Crippen molar-refractivity contribution in [2.45, 2.75) is 38.5 Å². The predicted octanol–water partition coefficient (Wildman–Crippen LogP) is 3.83. The number of methoxy groups -OCH3 is 1. The molecule has 4 heterocycles. The molecular formula is C24H25N5O3. The van der Waals surface area contributed by atoms with Crippen LogP contribution in [0, 0.1) is 5.92 Å². The molecule has 0 bridgehead atoms. The SMILES string of the molecule is COc1cc(Cn2cnc3cc(-c4cnn(C)c4)cnc32)cc2c1O[C@H](C1CC1)[C@H](C)O2. The van der Waals surface area contributed by atoms with Crippen molar-refractivity contribution in [3.05, 3.63) is 48.7 Å². The standard InChI is InChI=1S/C24H25N5O3/c1-14-22(16-4-5-16)32-23-20(30-3)6-15(7-21(23)31-14)11-29-13-26-19-8-17(9-25-24(19)29)18-10-27-28(2)12-18/h6-10,12-14,16,22H,4-5,11H2,1-3H3/t14-,22-/m0/s1. The second-order valence-corrected chi connectivity index (χ2v) is 8.71. The highest BCUT2D eigenvalue weighted by Crippen LogP contribution is 2.47. The first-order valence-electron chi connectivity index (χ1n) is 10.9. The molecule has 8 nitrogen and oxygen atoms in total. The maximum Gasteiger partial charge on any atom is 0.204 e. The van der Waals surface area contributed by atoms with Crippen molar-refractivity contribution in [3.63, 3.8) is 0 Å². The van der Waals surface area contributed by atoms with Crippen LogP contribution in [0.4, 0.5) is 0 Å². The van der Waals surface area contributed by atoms with E-state index in [-0.39, 0.29) is 12.2 Å². The number of benzene rings is 1. The molecule has 0 spiro atoms. The van der Waals surface area contributed by atoms with Gasteiger partial charge in [-0.1, -0.05) is 0 Å². The number of aryl methyl sites for hydroxylation is 1. The summed E-state index contributed by atoms with van der Waals surface area (Å²) in [7, 11) is 3.57. The minimum absolute atomic E-state index is 0.0246. The van der Waals surface area contributed by atoms with Crippen LogP contribution < -0.4 is 14.2 Å². The Balaban J connectivity index is 1.31. The number of ether oxygens (including phenoxy) is 3. The molecule has 2 aliphatic rings. The van der Waals surface area contributed by atoms with Gasteiger partial charge in [-0.25, -0.2) is 9.97 Å². The molecule has 2 atom stereocenters. The number of aromatic nitrogens is 5. The zero-order chi connectivity index (χ0) is 21.8. The average Bonchev–Trinajstić information content (AvgIpc) is 3.42. The van der Waals surface area contributed by atoms with Gasteiger partial charge in [0.05, 0.1) is 26.2 Å². The first kappa shape index (κ1) is 19.2. The normalized spacial score (nSPS) is 20.0. The second-order valence-electron chi connectivity index (χ2n) is 8.71. The summed E-state index contributed by atoms with van der Waals surface area (Å²) in [5.74, 6) is 2.73. The smallest absolute Gasteiger partial charge is 0.204 e. The highest BCUT2D eigenvalue weighted by Gasteiger charge is 2.41. The average molecular weight is 431 g/mol. The van der Waals surface area contributed by atoms with E-state index < -0.39 is 0 Å². The minimum Gasteiger partial charge on any atom is -0.493 e. The van der Waals surface area contributed by atoms with E-state index in [1.54, 1.807) is 11.8 Å². The molecular weight excluding hydrogens is 406 g/mol. The van der Waals surface area contributed by atoms with Gasteiger partial charge in [0.25, 0.3) is 0 Å². The van der Waals surface area contributed by atoms with E-state index in [0.717, 1.165) is 33.6 Å². The Hall–Kier alpha value is -3.55. The zero-order valence-electron chi connectivity index (χ0n) is 18.4. The van der Waals surface area contributed by atoms with Gasteiger partial charge in [0.1, 0.15) is 17.7 Å². The van der Waals surface area contributed by atoms with Crippen LogP contribution >= 0.6 is 0 Å². The van der Waals surface area contributed by atoms with Gasteiger partial charge in [0.2, 0.25) is 5.75 Å². The minimum atomic E-state index is 0.0246. The molecule has 1 aliphatic carbocycles. The molecule has 164 valence electrons. The predicted molar refractivity (Wildman–Crippen MR) is 119 cm³/mol. The summed E-state index contributed by atoms with van der Waals surface area (Å²) in [6, 6.07) is 6.09. The zero-order valence-corrected chi connectivity index (χ0v) is 18.4. The molecule has 3 aromatic heterocycles. The van der Waals surface area contributed by atoms with E-state index in [1.807, 2.05) is 54.7 Å². The van der Waals surface area contributed by atoms with E-state index in [2.05, 4.69) is 22.0 Å². The van der Waals surface area contributed by atoms with Gasteiger partial charge in [-0.05, 0) is 49.4 Å². The van der Waals surface area contributed by atoms with Crippen molar-refractivity contribution in [3.8, 4) is 28.4 Å². The number of rotatable bonds is 5. The van der Waals surface area contributed by atoms with E-state index in [9.17, 15) is 0 Å². The number of hydrogen-bond acceptors (Lipinski definition) is 6. The van der Waals surface area contributed by atoms with Crippen LogP contribution in [0.5, 0.6) is 17.2 Å². The Morgan fingerprint density at radius 3 is 2.72 bits per heavy atom. The summed E-state index contributed by atoms with van der Waals surface area (Å²) in [4.78, 5) is 9.25. The Morgan fingerprint density at radius 2 is 1.97 bits per heavy atom. The first-order chi connectivity index (χ1) is 15.6. The van der Waals surface area contributed by atoms with Crippen molar-refractivity contribution in [2.24, 2.45) is 13.0 Å². The monoisotopic (exact) mass is 431 g/mol. The third-order valence-electron chi connectivity index (χ3n) is 6.26. The lowest BCUT2D eigenvalue weighted by atomic mass is 10.1. The first-order valence-corrected chi connectivity index (χ1v) is 10.9. The summed E-state index contributed by atoms with van der Waals surface area (Å²) < 4.78 is 22.0. The van der Waals surface area contributed by atoms with Crippen molar-refractivity contribution >= 4 is 11.2 Å². The Morgan fingerprint density at radius 1 is 1.09 bits per heavy atom. The van der Waals surface area contributed by atoms with Crippen LogP contribution in [0.2, 0.25) is 0 Å². The van der Waals surface area contributed by atoms with Gasteiger partial charge in [-0.15, -0.1) is 0 Å². The van der Waals surface area contributed by atoms with Crippen LogP contribution in [0.25, 0.3) is 22.3 Å². The lowest BCUT2D eigenvalue weighted by Crippen LogP contribution is -2.39. The van der Waals surface area contributed by atoms with Crippen LogP contribution in [-0.4, -0.2) is 43.6 Å². The van der Waals surface area contributed by atoms with E-state index in [0.29, 0.717) is 24.0 Å². The fourth-order valence-electron chi connectivity index (χ4n) is 4.47. The van der Waals surface area contributed by atoms with E-state index in [4.69, 9.17) is 14.2 Å². The molecule has 1 aliphatic heterocycles. The summed E-state index contributed by atoms with van der Waals surface area (Å²) in [5.41, 5.74) is 4.73. The largest absolute Gasteiger partial charge is 0.493 e. The molecule has 32 heavy (non-hydrogen) atoms. The maximum atomic E-state index is 6.32. The number of nitrogens with zero attached hydrogens (tertiary/aromatic N) is 5. The lowest BCUT2D eigenvalue weighted by molar-refractivity contribution is 0.0161. The molecule has 0 saturated heterocycles. The Kier molecular flexibility index (Phi) is 4.34. The Labute approximate surface area is 185 Å². The van der Waals surface area contributed by atoms with Gasteiger partial charge in [0.15, 0.2) is 17.1 Å². The molecule has 1 aromatic carbocycles. The number of imidazole rings is 1. The molecule has 1 saturated carbocycles. The van der Waals surface area contributed by atoms with E-state index >= 15 is 0 Å². The number of fused-ring (bicyclic) bond motifs is 2. The summed E-state index contributed by atoms with van der Waals surface area (Å²) in [5, 5.41) is 4.24. The van der Waals surface area contributed by atoms with Crippen molar-refractivity contribution < 1.29 is 14.2 Å². The van der Waals surface area contributed by atoms with Crippen LogP contribution in [0.3, 0.4) is 0 Å². The van der Waals surface area contributed by atoms with Crippen LogP contribution in [0.1, 0.15) is 25.3 Å². The topological polar surface area (TPSA) is 76.2 Å². The van der Waals surface area contributed by atoms with Crippen molar-refractivity contribution in [2.75, 3.05) is 7.11 Å². The Bertz CT molecular complexity index is 1310. The molecule has 1 fully saturated rings. The van der Waals surface area contributed by atoms with Gasteiger partial charge in [-0.3, -0.25) is 4.68 Å². The third-order valence-corrected chi connectivity index (χ3v) is 6.26. The molecule has 0 amide bonds. The van der Waals surface area contributed by atoms with Gasteiger partial charge < -0.3 is 18.8 Å². The molecule has 6 rings (SSSR count). The fraction of sp³-hybridized carbons (Fsp3) is 0.375. The summed E-state index contributed by atoms with van der Waals surface area (Å²) in [6.07, 6.45) is 10.0. The molecule has 4 aromatic rings. The van der Waals surface area contributed by atoms with Gasteiger partial charge in [0, 0.05) is 30.6 Å². The number of hydrogen-bond donors (Lipinski definition) is 0. The van der Waals surface area contributed by atoms with Crippen molar-refractivity contribution in [1.29, 1.82) is 0 Å². The third kappa shape index (κ3) is 3.26. The van der Waals surface area contributed by atoms with Crippen molar-refractivity contribution in [1.82, 2.24) is 24.3 Å². The fourth-order valence-corrected chi connectivity index (χ4v) is 4.47.